The van der Waals surface area contributed by atoms with Crippen molar-refractivity contribution in [1.82, 2.24) is 10.2 Å². The molecule has 0 saturated carbocycles. The number of hydrogen-bond donors (Lipinski definition) is 3. The highest BCUT2D eigenvalue weighted by Gasteiger charge is 2.26. The van der Waals surface area contributed by atoms with E-state index in [4.69, 9.17) is 10.8 Å². The molecule has 2 atom stereocenters. The van der Waals surface area contributed by atoms with Crippen LogP contribution in [0.3, 0.4) is 0 Å². The van der Waals surface area contributed by atoms with Crippen LogP contribution in [0.1, 0.15) is 26.2 Å². The molecule has 0 bridgehead atoms. The molecule has 1 heterocycles. The summed E-state index contributed by atoms with van der Waals surface area (Å²) in [5.41, 5.74) is 4.94. The number of urea groups is 1. The molecule has 1 aliphatic heterocycles. The minimum absolute atomic E-state index is 0.398. The topological polar surface area (TPSA) is 113 Å². The fourth-order valence-electron chi connectivity index (χ4n) is 2.02. The van der Waals surface area contributed by atoms with Crippen LogP contribution >= 0.6 is 0 Å². The molecule has 18 heavy (non-hydrogen) atoms. The lowest BCUT2D eigenvalue weighted by Crippen LogP contribution is -2.51. The highest BCUT2D eigenvalue weighted by atomic mass is 16.4. The Morgan fingerprint density at radius 1 is 1.50 bits per heavy atom. The molecule has 0 aromatic carbocycles. The van der Waals surface area contributed by atoms with Crippen molar-refractivity contribution < 1.29 is 19.5 Å². The van der Waals surface area contributed by atoms with Gasteiger partial charge in [0.05, 0.1) is 6.42 Å². The number of amides is 3. The first-order valence-electron chi connectivity index (χ1n) is 5.96. The summed E-state index contributed by atoms with van der Waals surface area (Å²) in [4.78, 5) is 35.0. The van der Waals surface area contributed by atoms with Gasteiger partial charge in [-0.2, -0.15) is 0 Å². The van der Waals surface area contributed by atoms with E-state index in [1.54, 1.807) is 4.90 Å². The van der Waals surface area contributed by atoms with Crippen molar-refractivity contribution in [3.63, 3.8) is 0 Å². The molecule has 102 valence electrons. The summed E-state index contributed by atoms with van der Waals surface area (Å²) in [5.74, 6) is -1.61. The average molecular weight is 257 g/mol. The van der Waals surface area contributed by atoms with Crippen molar-refractivity contribution in [2.75, 3.05) is 13.1 Å². The number of nitrogens with one attached hydrogen (secondary N) is 1. The number of aliphatic carboxylic acids is 1. The quantitative estimate of drug-likeness (QED) is 0.644. The van der Waals surface area contributed by atoms with Gasteiger partial charge in [0.1, 0.15) is 6.04 Å². The molecule has 2 unspecified atom stereocenters. The van der Waals surface area contributed by atoms with Gasteiger partial charge in [-0.15, -0.1) is 0 Å². The molecule has 7 nitrogen and oxygen atoms in total. The number of nitrogens with two attached hydrogens (primary N) is 1. The van der Waals surface area contributed by atoms with E-state index in [9.17, 15) is 14.4 Å². The maximum absolute atomic E-state index is 11.8. The standard InChI is InChI=1S/C11H19N3O4/c1-7-3-2-4-14(6-7)11(18)13-8(10(16)17)5-9(12)15/h7-8H,2-6H2,1H3,(H2,12,15)(H,13,18)(H,16,17). The van der Waals surface area contributed by atoms with Crippen LogP contribution in [0.25, 0.3) is 0 Å². The van der Waals surface area contributed by atoms with Gasteiger partial charge in [0.25, 0.3) is 0 Å². The highest BCUT2D eigenvalue weighted by Crippen LogP contribution is 2.15. The van der Waals surface area contributed by atoms with E-state index in [-0.39, 0.29) is 0 Å². The van der Waals surface area contributed by atoms with E-state index in [0.717, 1.165) is 12.8 Å². The number of piperidine rings is 1. The highest BCUT2D eigenvalue weighted by molar-refractivity contribution is 5.87. The minimum Gasteiger partial charge on any atom is -0.480 e. The van der Waals surface area contributed by atoms with E-state index < -0.39 is 30.4 Å². The third-order valence-electron chi connectivity index (χ3n) is 2.95. The van der Waals surface area contributed by atoms with Crippen molar-refractivity contribution in [3.8, 4) is 0 Å². The summed E-state index contributed by atoms with van der Waals surface area (Å²) < 4.78 is 0. The Morgan fingerprint density at radius 2 is 2.17 bits per heavy atom. The third-order valence-corrected chi connectivity index (χ3v) is 2.95. The molecular formula is C11H19N3O4. The van der Waals surface area contributed by atoms with Gasteiger partial charge in [0.15, 0.2) is 0 Å². The van der Waals surface area contributed by atoms with Crippen LogP contribution in [0.4, 0.5) is 4.79 Å². The summed E-state index contributed by atoms with van der Waals surface area (Å²) >= 11 is 0. The van der Waals surface area contributed by atoms with Crippen molar-refractivity contribution in [3.05, 3.63) is 0 Å². The molecule has 1 fully saturated rings. The van der Waals surface area contributed by atoms with E-state index in [1.165, 1.54) is 0 Å². The fraction of sp³-hybridized carbons (Fsp3) is 0.727. The van der Waals surface area contributed by atoms with Crippen molar-refractivity contribution in [2.24, 2.45) is 11.7 Å². The molecule has 7 heteroatoms. The molecule has 3 amide bonds. The predicted octanol–water partition coefficient (Wildman–Crippen LogP) is -0.243. The van der Waals surface area contributed by atoms with Gasteiger partial charge in [-0.1, -0.05) is 6.92 Å². The Kier molecular flexibility index (Phi) is 4.94. The molecular weight excluding hydrogens is 238 g/mol. The fourth-order valence-corrected chi connectivity index (χ4v) is 2.02. The number of likely N-dealkylation sites (tertiary alicyclic amines) is 1. The Morgan fingerprint density at radius 3 is 2.67 bits per heavy atom. The van der Waals surface area contributed by atoms with Gasteiger partial charge < -0.3 is 21.1 Å². The number of carboxylic acids is 1. The van der Waals surface area contributed by atoms with Gasteiger partial charge in [0.2, 0.25) is 5.91 Å². The van der Waals surface area contributed by atoms with Crippen molar-refractivity contribution in [2.45, 2.75) is 32.2 Å². The number of carboxylic acid groups (broad SMARTS) is 1. The number of carbonyl (C=O) groups excluding carboxylic acids is 2. The molecule has 0 radical (unpaired) electrons. The lowest BCUT2D eigenvalue weighted by atomic mass is 10.0. The number of hydrogen-bond acceptors (Lipinski definition) is 3. The average Bonchev–Trinajstić information content (AvgIpc) is 2.27. The number of primary amides is 1. The first kappa shape index (κ1) is 14.3. The second-order valence-electron chi connectivity index (χ2n) is 4.70. The molecule has 1 saturated heterocycles. The van der Waals surface area contributed by atoms with Crippen LogP contribution in [0.5, 0.6) is 0 Å². The third kappa shape index (κ3) is 4.23. The number of nitrogens with zero attached hydrogens (tertiary/aromatic N) is 1. The summed E-state index contributed by atoms with van der Waals surface area (Å²) in [6.07, 6.45) is 1.57. The molecule has 1 aliphatic rings. The van der Waals surface area contributed by atoms with Crippen LogP contribution in [-0.4, -0.2) is 47.0 Å². The maximum atomic E-state index is 11.8. The van der Waals surface area contributed by atoms with Crippen LogP contribution < -0.4 is 11.1 Å². The van der Waals surface area contributed by atoms with Crippen LogP contribution in [0.15, 0.2) is 0 Å². The summed E-state index contributed by atoms with van der Waals surface area (Å²) in [6, 6.07) is -1.71. The Hall–Kier alpha value is -1.79. The van der Waals surface area contributed by atoms with Gasteiger partial charge in [-0.25, -0.2) is 9.59 Å². The molecule has 4 N–H and O–H groups in total. The first-order chi connectivity index (χ1) is 8.40. The molecule has 0 aromatic heterocycles. The Balaban J connectivity index is 2.54. The van der Waals surface area contributed by atoms with Gasteiger partial charge in [0, 0.05) is 13.1 Å². The van der Waals surface area contributed by atoms with Gasteiger partial charge >= 0.3 is 12.0 Å². The molecule has 1 rings (SSSR count). The van der Waals surface area contributed by atoms with Gasteiger partial charge in [-0.3, -0.25) is 4.79 Å². The summed E-state index contributed by atoms with van der Waals surface area (Å²) in [6.45, 7) is 3.26. The Bertz CT molecular complexity index is 345. The van der Waals surface area contributed by atoms with Crippen LogP contribution in [0, 0.1) is 5.92 Å². The second-order valence-corrected chi connectivity index (χ2v) is 4.70. The molecule has 0 spiro atoms. The van der Waals surface area contributed by atoms with Crippen LogP contribution in [0.2, 0.25) is 0 Å². The molecule has 0 aliphatic carbocycles. The zero-order valence-corrected chi connectivity index (χ0v) is 10.4. The van der Waals surface area contributed by atoms with Crippen LogP contribution in [-0.2, 0) is 9.59 Å². The summed E-state index contributed by atoms with van der Waals surface area (Å²) in [5, 5.41) is 11.2. The lowest BCUT2D eigenvalue weighted by molar-refractivity contribution is -0.141. The van der Waals surface area contributed by atoms with Crippen molar-refractivity contribution >= 4 is 17.9 Å². The van der Waals surface area contributed by atoms with E-state index in [0.29, 0.717) is 19.0 Å². The first-order valence-corrected chi connectivity index (χ1v) is 5.96. The van der Waals surface area contributed by atoms with E-state index >= 15 is 0 Å². The lowest BCUT2D eigenvalue weighted by Gasteiger charge is -2.31. The second kappa shape index (κ2) is 6.23. The zero-order chi connectivity index (χ0) is 13.7. The van der Waals surface area contributed by atoms with Crippen molar-refractivity contribution in [1.29, 1.82) is 0 Å². The van der Waals surface area contributed by atoms with E-state index in [1.807, 2.05) is 6.92 Å². The largest absolute Gasteiger partial charge is 0.480 e. The van der Waals surface area contributed by atoms with Gasteiger partial charge in [-0.05, 0) is 18.8 Å². The predicted molar refractivity (Wildman–Crippen MR) is 63.7 cm³/mol. The maximum Gasteiger partial charge on any atom is 0.326 e. The molecule has 0 aromatic rings. The SMILES string of the molecule is CC1CCCN(C(=O)NC(CC(N)=O)C(=O)O)C1. The Labute approximate surface area is 105 Å². The minimum atomic E-state index is -1.26. The van der Waals surface area contributed by atoms with E-state index in [2.05, 4.69) is 5.32 Å². The normalized spacial score (nSPS) is 21.2. The zero-order valence-electron chi connectivity index (χ0n) is 10.4. The monoisotopic (exact) mass is 257 g/mol. The number of rotatable bonds is 4. The number of carbonyl (C=O) groups is 3. The summed E-state index contributed by atoms with van der Waals surface area (Å²) in [7, 11) is 0. The smallest absolute Gasteiger partial charge is 0.326 e.